The van der Waals surface area contributed by atoms with Gasteiger partial charge in [-0.2, -0.15) is 0 Å². The Balaban J connectivity index is 1.03. The summed E-state index contributed by atoms with van der Waals surface area (Å²) in [5.41, 5.74) is 6.83. The number of hydrogen-bond acceptors (Lipinski definition) is 3. The van der Waals surface area contributed by atoms with Gasteiger partial charge in [0.2, 0.25) is 0 Å². The summed E-state index contributed by atoms with van der Waals surface area (Å²) in [6.07, 6.45) is 2.76. The van der Waals surface area contributed by atoms with E-state index in [1.165, 1.54) is 25.0 Å². The molecule has 0 radical (unpaired) electrons. The van der Waals surface area contributed by atoms with Gasteiger partial charge in [-0.15, -0.1) is 0 Å². The minimum absolute atomic E-state index is 0.203. The van der Waals surface area contributed by atoms with Crippen molar-refractivity contribution >= 4 is 11.6 Å². The topological polar surface area (TPSA) is 65.1 Å². The van der Waals surface area contributed by atoms with Crippen molar-refractivity contribution in [2.75, 3.05) is 37.6 Å². The van der Waals surface area contributed by atoms with Crippen LogP contribution in [0.3, 0.4) is 0 Å². The van der Waals surface area contributed by atoms with Gasteiger partial charge in [0.15, 0.2) is 5.96 Å². The summed E-state index contributed by atoms with van der Waals surface area (Å²) in [4.78, 5) is 9.15. The molecular weight excluding hydrogens is 367 g/mol. The fourth-order valence-electron chi connectivity index (χ4n) is 9.09. The lowest BCUT2D eigenvalue weighted by Gasteiger charge is -2.51. The number of piperazine rings is 1. The highest BCUT2D eigenvalue weighted by atomic mass is 19.1. The number of aliphatic imine (C=N–C) groups is 1. The van der Waals surface area contributed by atoms with Gasteiger partial charge in [-0.05, 0) is 84.5 Å². The van der Waals surface area contributed by atoms with Gasteiger partial charge in [-0.3, -0.25) is 4.99 Å². The van der Waals surface area contributed by atoms with Gasteiger partial charge in [0.1, 0.15) is 5.82 Å². The molecule has 6 heteroatoms. The lowest BCUT2D eigenvalue weighted by molar-refractivity contribution is -0.123. The van der Waals surface area contributed by atoms with Gasteiger partial charge in [-0.25, -0.2) is 4.39 Å². The normalized spacial score (nSPS) is 48.7. The molecule has 5 aliphatic carbocycles. The molecule has 3 N–H and O–H groups in total. The van der Waals surface area contributed by atoms with Crippen molar-refractivity contribution in [1.82, 2.24) is 4.90 Å². The zero-order valence-electron chi connectivity index (χ0n) is 16.6. The van der Waals surface area contributed by atoms with Crippen molar-refractivity contribution < 1.29 is 9.50 Å². The second-order valence-electron chi connectivity index (χ2n) is 10.4. The molecule has 6 fully saturated rings. The Morgan fingerprint density at radius 2 is 1.69 bits per heavy atom. The van der Waals surface area contributed by atoms with Gasteiger partial charge in [-0.1, -0.05) is 0 Å². The number of nitrogens with two attached hydrogens (primary N) is 1. The van der Waals surface area contributed by atoms with E-state index in [0.717, 1.165) is 67.4 Å². The van der Waals surface area contributed by atoms with Crippen molar-refractivity contribution in [1.29, 1.82) is 0 Å². The molecule has 2 bridgehead atoms. The van der Waals surface area contributed by atoms with E-state index in [9.17, 15) is 9.50 Å². The van der Waals surface area contributed by atoms with E-state index in [1.807, 2.05) is 12.1 Å². The molecule has 154 valence electrons. The van der Waals surface area contributed by atoms with Crippen LogP contribution in [0.2, 0.25) is 0 Å². The van der Waals surface area contributed by atoms with Crippen LogP contribution in [0.4, 0.5) is 10.1 Å². The standard InChI is InChI=1S/C23H29FN4O/c24-12-1-3-13(4-2-12)27-5-7-28(8-6-27)22(25)26-11-23(29)20-15-10-16-18-14(15)9-17(20)19(18)21(16)23/h1-4,14-21,29H,5-11H2,(H2,25,26). The van der Waals surface area contributed by atoms with Crippen LogP contribution in [-0.4, -0.2) is 54.3 Å². The predicted molar refractivity (Wildman–Crippen MR) is 109 cm³/mol. The third kappa shape index (κ3) is 1.97. The average Bonchev–Trinajstić information content (AvgIpc) is 3.26. The average molecular weight is 397 g/mol. The molecule has 0 aromatic heterocycles. The maximum Gasteiger partial charge on any atom is 0.191 e. The van der Waals surface area contributed by atoms with Crippen molar-refractivity contribution in [3.63, 3.8) is 0 Å². The Bertz CT molecular complexity index is 875. The molecule has 5 nitrogen and oxygen atoms in total. The lowest BCUT2D eigenvalue weighted by Crippen LogP contribution is -2.56. The molecule has 9 unspecified atom stereocenters. The number of guanidine groups is 1. The molecule has 6 aliphatic rings. The number of rotatable bonds is 3. The van der Waals surface area contributed by atoms with Gasteiger partial charge in [0.05, 0.1) is 12.1 Å². The summed E-state index contributed by atoms with van der Waals surface area (Å²) in [5, 5.41) is 11.7. The number of fused-ring (bicyclic) bond motifs is 2. The highest BCUT2D eigenvalue weighted by Gasteiger charge is 2.84. The monoisotopic (exact) mass is 396 g/mol. The van der Waals surface area contributed by atoms with E-state index < -0.39 is 5.60 Å². The fourth-order valence-corrected chi connectivity index (χ4v) is 9.09. The molecule has 0 spiro atoms. The lowest BCUT2D eigenvalue weighted by atomic mass is 9.56. The molecule has 1 aromatic rings. The van der Waals surface area contributed by atoms with E-state index >= 15 is 0 Å². The zero-order chi connectivity index (χ0) is 19.5. The summed E-state index contributed by atoms with van der Waals surface area (Å²) in [6.45, 7) is 3.78. The number of anilines is 1. The predicted octanol–water partition coefficient (Wildman–Crippen LogP) is 1.77. The van der Waals surface area contributed by atoms with Crippen LogP contribution in [0, 0.1) is 53.2 Å². The first-order valence-corrected chi connectivity index (χ1v) is 11.3. The fraction of sp³-hybridized carbons (Fsp3) is 0.696. The highest BCUT2D eigenvalue weighted by molar-refractivity contribution is 5.78. The summed E-state index contributed by atoms with van der Waals surface area (Å²) in [6, 6.07) is 6.68. The summed E-state index contributed by atoms with van der Waals surface area (Å²) in [7, 11) is 0. The van der Waals surface area contributed by atoms with Crippen LogP contribution in [0.5, 0.6) is 0 Å². The minimum atomic E-state index is -0.592. The Labute approximate surface area is 170 Å². The van der Waals surface area contributed by atoms with E-state index in [2.05, 4.69) is 9.80 Å². The van der Waals surface area contributed by atoms with Crippen LogP contribution < -0.4 is 10.6 Å². The Hall–Kier alpha value is -1.82. The summed E-state index contributed by atoms with van der Waals surface area (Å²) >= 11 is 0. The first-order valence-electron chi connectivity index (χ1n) is 11.3. The minimum Gasteiger partial charge on any atom is -0.387 e. The highest BCUT2D eigenvalue weighted by Crippen LogP contribution is 2.85. The Morgan fingerprint density at radius 1 is 1.00 bits per heavy atom. The van der Waals surface area contributed by atoms with Gasteiger partial charge >= 0.3 is 0 Å². The first kappa shape index (κ1) is 16.9. The summed E-state index contributed by atoms with van der Waals surface area (Å²) < 4.78 is 13.2. The molecular formula is C23H29FN4O. The molecule has 7 rings (SSSR count). The Morgan fingerprint density at radius 3 is 2.45 bits per heavy atom. The maximum atomic E-state index is 13.2. The van der Waals surface area contributed by atoms with Crippen molar-refractivity contribution in [2.45, 2.75) is 18.4 Å². The number of halogens is 1. The molecule has 9 atom stereocenters. The second kappa shape index (κ2) is 5.45. The smallest absolute Gasteiger partial charge is 0.191 e. The number of nitrogens with zero attached hydrogens (tertiary/aromatic N) is 3. The van der Waals surface area contributed by atoms with E-state index in [0.29, 0.717) is 24.3 Å². The van der Waals surface area contributed by atoms with Crippen LogP contribution in [-0.2, 0) is 0 Å². The van der Waals surface area contributed by atoms with Crippen molar-refractivity contribution in [3.8, 4) is 0 Å². The van der Waals surface area contributed by atoms with E-state index in [-0.39, 0.29) is 5.82 Å². The van der Waals surface area contributed by atoms with E-state index in [1.54, 1.807) is 0 Å². The molecule has 1 saturated heterocycles. The van der Waals surface area contributed by atoms with Crippen LogP contribution >= 0.6 is 0 Å². The molecule has 0 amide bonds. The number of benzene rings is 1. The third-order valence-electron chi connectivity index (χ3n) is 9.81. The number of hydrogen-bond donors (Lipinski definition) is 2. The molecule has 1 aromatic carbocycles. The Kier molecular flexibility index (Phi) is 3.18. The van der Waals surface area contributed by atoms with Crippen LogP contribution in [0.15, 0.2) is 29.3 Å². The molecule has 29 heavy (non-hydrogen) atoms. The largest absolute Gasteiger partial charge is 0.387 e. The zero-order valence-corrected chi connectivity index (χ0v) is 16.6. The van der Waals surface area contributed by atoms with Gasteiger partial charge in [0, 0.05) is 31.9 Å². The molecule has 1 aliphatic heterocycles. The quantitative estimate of drug-likeness (QED) is 0.604. The molecule has 5 saturated carbocycles. The molecule has 1 heterocycles. The first-order chi connectivity index (χ1) is 14.1. The van der Waals surface area contributed by atoms with Gasteiger partial charge < -0.3 is 20.6 Å². The number of aliphatic hydroxyl groups is 1. The third-order valence-corrected chi connectivity index (χ3v) is 9.81. The van der Waals surface area contributed by atoms with Crippen molar-refractivity contribution in [2.24, 2.45) is 58.1 Å². The van der Waals surface area contributed by atoms with E-state index in [4.69, 9.17) is 10.7 Å². The van der Waals surface area contributed by atoms with Gasteiger partial charge in [0.25, 0.3) is 0 Å². The van der Waals surface area contributed by atoms with Crippen LogP contribution in [0.1, 0.15) is 12.8 Å². The maximum absolute atomic E-state index is 13.2. The SMILES string of the molecule is NC(=NCC1(O)C2C3CC4C5C3CC2C5C41)N1CCN(c2ccc(F)cc2)CC1. The summed E-state index contributed by atoms with van der Waals surface area (Å²) in [5.74, 6) is 6.36. The second-order valence-corrected chi connectivity index (χ2v) is 10.4. The van der Waals surface area contributed by atoms with Crippen LogP contribution in [0.25, 0.3) is 0 Å². The van der Waals surface area contributed by atoms with Crippen molar-refractivity contribution in [3.05, 3.63) is 30.1 Å².